The summed E-state index contributed by atoms with van der Waals surface area (Å²) in [6, 6.07) is 0. The molecule has 0 aliphatic rings. The maximum Gasteiger partial charge on any atom is 0.212 e. The Kier molecular flexibility index (Phi) is 8.59. The van der Waals surface area contributed by atoms with E-state index in [4.69, 9.17) is 4.74 Å². The Morgan fingerprint density at radius 1 is 1.38 bits per heavy atom. The maximum absolute atomic E-state index is 5.64. The predicted octanol–water partition coefficient (Wildman–Crippen LogP) is 4.34. The van der Waals surface area contributed by atoms with Gasteiger partial charge in [0.05, 0.1) is 6.61 Å². The Morgan fingerprint density at radius 3 is 2.50 bits per heavy atom. The fraction of sp³-hybridized carbons (Fsp3) is 0.643. The van der Waals surface area contributed by atoms with Crippen LogP contribution in [0.25, 0.3) is 0 Å². The van der Waals surface area contributed by atoms with E-state index in [1.54, 1.807) is 0 Å². The number of nitrogens with zero attached hydrogens (tertiary/aromatic N) is 1. The predicted molar refractivity (Wildman–Crippen MR) is 71.7 cm³/mol. The van der Waals surface area contributed by atoms with Gasteiger partial charge in [0.1, 0.15) is 0 Å². The number of hydrogen-bond acceptors (Lipinski definition) is 2. The second-order valence-corrected chi connectivity index (χ2v) is 4.03. The Labute approximate surface area is 100 Å². The minimum atomic E-state index is 0.599. The normalized spacial score (nSPS) is 13.3. The molecule has 0 saturated heterocycles. The average molecular weight is 223 g/mol. The van der Waals surface area contributed by atoms with Crippen molar-refractivity contribution < 1.29 is 4.74 Å². The summed E-state index contributed by atoms with van der Waals surface area (Å²) in [4.78, 5) is 3.87. The number of aliphatic imine (C=N–C) groups is 1. The van der Waals surface area contributed by atoms with Crippen molar-refractivity contribution in [3.05, 3.63) is 24.1 Å². The van der Waals surface area contributed by atoms with E-state index in [1.165, 1.54) is 12.8 Å². The Balaban J connectivity index is 4.17. The molecule has 0 radical (unpaired) electrons. The van der Waals surface area contributed by atoms with Crippen molar-refractivity contribution in [2.75, 3.05) is 6.61 Å². The highest BCUT2D eigenvalue weighted by molar-refractivity contribution is 5.29. The minimum absolute atomic E-state index is 0.599. The quantitative estimate of drug-likeness (QED) is 0.324. The number of ether oxygens (including phenoxy) is 1. The summed E-state index contributed by atoms with van der Waals surface area (Å²) in [6.07, 6.45) is 6.33. The van der Waals surface area contributed by atoms with Crippen molar-refractivity contribution in [3.8, 4) is 0 Å². The lowest BCUT2D eigenvalue weighted by Gasteiger charge is -2.14. The number of hydrogen-bond donors (Lipinski definition) is 0. The SMILES string of the molecule is C=N/C(=C\C(=C)CC)OCC(CC)CCC. The van der Waals surface area contributed by atoms with Crippen LogP contribution in [0.3, 0.4) is 0 Å². The number of rotatable bonds is 9. The van der Waals surface area contributed by atoms with E-state index in [0.717, 1.165) is 25.0 Å². The van der Waals surface area contributed by atoms with Crippen LogP contribution in [-0.4, -0.2) is 13.3 Å². The molecule has 1 unspecified atom stereocenters. The van der Waals surface area contributed by atoms with Crippen molar-refractivity contribution in [2.24, 2.45) is 10.9 Å². The zero-order valence-corrected chi connectivity index (χ0v) is 11.0. The third kappa shape index (κ3) is 6.44. The van der Waals surface area contributed by atoms with Gasteiger partial charge in [-0.25, -0.2) is 4.99 Å². The molecule has 0 aromatic heterocycles. The van der Waals surface area contributed by atoms with Gasteiger partial charge in [-0.2, -0.15) is 0 Å². The molecule has 0 spiro atoms. The topological polar surface area (TPSA) is 21.6 Å². The molecular formula is C14H25NO. The van der Waals surface area contributed by atoms with Gasteiger partial charge in [-0.05, 0) is 25.5 Å². The van der Waals surface area contributed by atoms with Gasteiger partial charge in [0.25, 0.3) is 0 Å². The second-order valence-electron chi connectivity index (χ2n) is 4.03. The molecule has 0 saturated carbocycles. The molecule has 0 fully saturated rings. The highest BCUT2D eigenvalue weighted by Crippen LogP contribution is 2.14. The Hall–Kier alpha value is -1.05. The smallest absolute Gasteiger partial charge is 0.212 e. The van der Waals surface area contributed by atoms with Crippen LogP contribution in [0.15, 0.2) is 29.1 Å². The van der Waals surface area contributed by atoms with Gasteiger partial charge in [0.15, 0.2) is 0 Å². The lowest BCUT2D eigenvalue weighted by atomic mass is 10.0. The maximum atomic E-state index is 5.64. The van der Waals surface area contributed by atoms with Crippen LogP contribution in [0.5, 0.6) is 0 Å². The molecule has 0 aliphatic heterocycles. The summed E-state index contributed by atoms with van der Waals surface area (Å²) >= 11 is 0. The molecule has 2 nitrogen and oxygen atoms in total. The van der Waals surface area contributed by atoms with Crippen LogP contribution in [0.2, 0.25) is 0 Å². The van der Waals surface area contributed by atoms with E-state index in [0.29, 0.717) is 11.8 Å². The first kappa shape index (κ1) is 14.9. The van der Waals surface area contributed by atoms with E-state index in [2.05, 4.69) is 39.1 Å². The highest BCUT2D eigenvalue weighted by Gasteiger charge is 2.06. The summed E-state index contributed by atoms with van der Waals surface area (Å²) in [7, 11) is 0. The van der Waals surface area contributed by atoms with Gasteiger partial charge in [-0.1, -0.05) is 45.8 Å². The van der Waals surface area contributed by atoms with Crippen LogP contribution in [0, 0.1) is 5.92 Å². The van der Waals surface area contributed by atoms with Crippen LogP contribution >= 0.6 is 0 Å². The summed E-state index contributed by atoms with van der Waals surface area (Å²) in [6.45, 7) is 14.6. The molecule has 0 aliphatic carbocycles. The fourth-order valence-electron chi connectivity index (χ4n) is 1.43. The minimum Gasteiger partial charge on any atom is -0.477 e. The van der Waals surface area contributed by atoms with Gasteiger partial charge in [-0.15, -0.1) is 0 Å². The monoisotopic (exact) mass is 223 g/mol. The third-order valence-electron chi connectivity index (χ3n) is 2.68. The number of allylic oxidation sites excluding steroid dienone is 2. The highest BCUT2D eigenvalue weighted by atomic mass is 16.5. The zero-order valence-electron chi connectivity index (χ0n) is 11.0. The van der Waals surface area contributed by atoms with E-state index in [-0.39, 0.29) is 0 Å². The summed E-state index contributed by atoms with van der Waals surface area (Å²) in [5.41, 5.74) is 1.02. The first-order chi connectivity index (χ1) is 7.67. The lowest BCUT2D eigenvalue weighted by molar-refractivity contribution is 0.155. The van der Waals surface area contributed by atoms with Crippen LogP contribution in [0.4, 0.5) is 0 Å². The molecule has 92 valence electrons. The van der Waals surface area contributed by atoms with Gasteiger partial charge in [-0.3, -0.25) is 0 Å². The van der Waals surface area contributed by atoms with Crippen LogP contribution in [-0.2, 0) is 4.74 Å². The van der Waals surface area contributed by atoms with Crippen molar-refractivity contribution in [2.45, 2.75) is 46.5 Å². The van der Waals surface area contributed by atoms with Gasteiger partial charge in [0.2, 0.25) is 5.88 Å². The molecule has 0 aromatic rings. The molecule has 1 atom stereocenters. The van der Waals surface area contributed by atoms with Gasteiger partial charge in [0, 0.05) is 6.08 Å². The molecule has 16 heavy (non-hydrogen) atoms. The standard InChI is InChI=1S/C14H25NO/c1-6-9-13(8-3)11-16-14(15-5)10-12(4)7-2/h10,13H,4-9,11H2,1-3H3/b14-10+. The Morgan fingerprint density at radius 2 is 2.06 bits per heavy atom. The zero-order chi connectivity index (χ0) is 12.4. The fourth-order valence-corrected chi connectivity index (χ4v) is 1.43. The second kappa shape index (κ2) is 9.20. The average Bonchev–Trinajstić information content (AvgIpc) is 2.32. The first-order valence-corrected chi connectivity index (χ1v) is 6.16. The molecule has 0 aromatic carbocycles. The molecule has 0 rings (SSSR count). The molecule has 0 bridgehead atoms. The van der Waals surface area contributed by atoms with Crippen molar-refractivity contribution in [3.63, 3.8) is 0 Å². The van der Waals surface area contributed by atoms with Gasteiger partial charge >= 0.3 is 0 Å². The van der Waals surface area contributed by atoms with Crippen molar-refractivity contribution in [1.29, 1.82) is 0 Å². The van der Waals surface area contributed by atoms with Crippen molar-refractivity contribution in [1.82, 2.24) is 0 Å². The molecule has 2 heteroatoms. The summed E-state index contributed by atoms with van der Waals surface area (Å²) in [5, 5.41) is 0. The molecule has 0 heterocycles. The van der Waals surface area contributed by atoms with E-state index in [1.807, 2.05) is 6.08 Å². The Bertz CT molecular complexity index is 243. The largest absolute Gasteiger partial charge is 0.477 e. The van der Waals surface area contributed by atoms with Crippen LogP contribution in [0.1, 0.15) is 46.5 Å². The summed E-state index contributed by atoms with van der Waals surface area (Å²) < 4.78 is 5.64. The van der Waals surface area contributed by atoms with Gasteiger partial charge < -0.3 is 4.74 Å². The summed E-state index contributed by atoms with van der Waals surface area (Å²) in [5.74, 6) is 1.21. The molecular weight excluding hydrogens is 198 g/mol. The van der Waals surface area contributed by atoms with E-state index in [9.17, 15) is 0 Å². The molecule has 0 N–H and O–H groups in total. The third-order valence-corrected chi connectivity index (χ3v) is 2.68. The molecule has 0 amide bonds. The van der Waals surface area contributed by atoms with Crippen LogP contribution < -0.4 is 0 Å². The first-order valence-electron chi connectivity index (χ1n) is 6.16. The lowest BCUT2D eigenvalue weighted by Crippen LogP contribution is -2.08. The van der Waals surface area contributed by atoms with Crippen molar-refractivity contribution >= 4 is 6.72 Å². The van der Waals surface area contributed by atoms with E-state index < -0.39 is 0 Å². The van der Waals surface area contributed by atoms with E-state index >= 15 is 0 Å².